The monoisotopic (exact) mass is 431 g/mol. The third-order valence-electron chi connectivity index (χ3n) is 5.74. The molecule has 1 saturated carbocycles. The Bertz CT molecular complexity index is 1280. The highest BCUT2D eigenvalue weighted by molar-refractivity contribution is 5.82. The number of rotatable bonds is 8. The Morgan fingerprint density at radius 1 is 1.19 bits per heavy atom. The van der Waals surface area contributed by atoms with Crippen LogP contribution < -0.4 is 10.1 Å². The molecular weight excluding hydrogens is 409 g/mol. The van der Waals surface area contributed by atoms with Gasteiger partial charge in [-0.05, 0) is 55.2 Å². The van der Waals surface area contributed by atoms with Crippen molar-refractivity contribution in [3.63, 3.8) is 0 Å². The van der Waals surface area contributed by atoms with Gasteiger partial charge in [-0.25, -0.2) is 9.37 Å². The van der Waals surface area contributed by atoms with Gasteiger partial charge in [0.05, 0.1) is 23.3 Å². The number of hydrogen-bond acceptors (Lipinski definition) is 5. The van der Waals surface area contributed by atoms with Gasteiger partial charge < -0.3 is 10.1 Å². The molecule has 1 aliphatic rings. The van der Waals surface area contributed by atoms with Crippen molar-refractivity contribution in [2.45, 2.75) is 38.5 Å². The first kappa shape index (κ1) is 20.1. The maximum Gasteiger partial charge on any atom is 0.216 e. The first-order valence-corrected chi connectivity index (χ1v) is 10.4. The van der Waals surface area contributed by atoms with Crippen LogP contribution in [0.1, 0.15) is 35.2 Å². The lowest BCUT2D eigenvalue weighted by molar-refractivity contribution is -0.110. The summed E-state index contributed by atoms with van der Waals surface area (Å²) < 4.78 is 20.7. The first-order chi connectivity index (χ1) is 15.6. The molecule has 0 spiro atoms. The standard InChI is InChI=1S/C24H22FN5O2/c1-16-10-18(11-27-23(16)32-14-17-2-4-19(25)5-3-17)12-30-13-20-21(29-30)6-9-26-22(20)24(7-8-24)28-15-31/h2-6,9-11,13,15H,7-8,12,14H2,1H3,(H,28,31). The number of carbonyl (C=O) groups is 1. The molecule has 1 fully saturated rings. The maximum atomic E-state index is 13.0. The molecule has 8 heteroatoms. The lowest BCUT2D eigenvalue weighted by atomic mass is 10.1. The van der Waals surface area contributed by atoms with Crippen molar-refractivity contribution < 1.29 is 13.9 Å². The van der Waals surface area contributed by atoms with Crippen LogP contribution in [0.15, 0.2) is 55.0 Å². The van der Waals surface area contributed by atoms with Gasteiger partial charge in [0, 0.05) is 29.5 Å². The number of aromatic nitrogens is 4. The molecule has 1 aromatic carbocycles. The molecule has 4 aromatic rings. The van der Waals surface area contributed by atoms with Crippen LogP contribution in [0.25, 0.3) is 10.9 Å². The first-order valence-electron chi connectivity index (χ1n) is 10.4. The van der Waals surface area contributed by atoms with Crippen molar-refractivity contribution in [1.82, 2.24) is 25.1 Å². The molecule has 0 radical (unpaired) electrons. The SMILES string of the molecule is Cc1cc(Cn2cc3c(C4(NC=O)CC4)nccc3n2)cnc1OCc1ccc(F)cc1. The molecule has 162 valence electrons. The highest BCUT2D eigenvalue weighted by atomic mass is 19.1. The number of pyridine rings is 2. The van der Waals surface area contributed by atoms with E-state index in [0.29, 0.717) is 19.0 Å². The van der Waals surface area contributed by atoms with Gasteiger partial charge in [-0.2, -0.15) is 5.10 Å². The van der Waals surface area contributed by atoms with E-state index in [-0.39, 0.29) is 11.4 Å². The van der Waals surface area contributed by atoms with Crippen LogP contribution in [-0.2, 0) is 23.5 Å². The Balaban J connectivity index is 1.32. The van der Waals surface area contributed by atoms with Gasteiger partial charge in [0.2, 0.25) is 12.3 Å². The number of halogens is 1. The number of nitrogens with one attached hydrogen (secondary N) is 1. The zero-order valence-electron chi connectivity index (χ0n) is 17.6. The van der Waals surface area contributed by atoms with Crippen molar-refractivity contribution in [2.75, 3.05) is 0 Å². The maximum absolute atomic E-state index is 13.0. The van der Waals surface area contributed by atoms with Crippen LogP contribution in [0, 0.1) is 12.7 Å². The number of amides is 1. The fourth-order valence-electron chi connectivity index (χ4n) is 3.92. The van der Waals surface area contributed by atoms with Crippen molar-refractivity contribution in [3.05, 3.63) is 83.2 Å². The summed E-state index contributed by atoms with van der Waals surface area (Å²) in [4.78, 5) is 20.0. The van der Waals surface area contributed by atoms with Gasteiger partial charge in [0.25, 0.3) is 0 Å². The van der Waals surface area contributed by atoms with Crippen LogP contribution in [0.4, 0.5) is 4.39 Å². The second-order valence-electron chi connectivity index (χ2n) is 8.14. The van der Waals surface area contributed by atoms with Crippen molar-refractivity contribution >= 4 is 17.3 Å². The summed E-state index contributed by atoms with van der Waals surface area (Å²) in [6.45, 7) is 2.82. The van der Waals surface area contributed by atoms with Crippen molar-refractivity contribution in [1.29, 1.82) is 0 Å². The molecule has 0 atom stereocenters. The van der Waals surface area contributed by atoms with E-state index in [1.807, 2.05) is 29.9 Å². The van der Waals surface area contributed by atoms with E-state index in [0.717, 1.165) is 52.5 Å². The Kier molecular flexibility index (Phi) is 5.05. The summed E-state index contributed by atoms with van der Waals surface area (Å²) in [6, 6.07) is 10.1. The zero-order chi connectivity index (χ0) is 22.1. The molecule has 1 N–H and O–H groups in total. The summed E-state index contributed by atoms with van der Waals surface area (Å²) in [7, 11) is 0. The van der Waals surface area contributed by atoms with Crippen molar-refractivity contribution in [3.8, 4) is 5.88 Å². The minimum absolute atomic E-state index is 0.270. The average Bonchev–Trinajstić information content (AvgIpc) is 3.44. The smallest absolute Gasteiger partial charge is 0.216 e. The van der Waals surface area contributed by atoms with Gasteiger partial charge in [0.15, 0.2) is 0 Å². The normalized spacial score (nSPS) is 14.3. The van der Waals surface area contributed by atoms with Gasteiger partial charge in [0.1, 0.15) is 12.4 Å². The third kappa shape index (κ3) is 3.91. The molecule has 1 aliphatic carbocycles. The molecule has 3 aromatic heterocycles. The average molecular weight is 431 g/mol. The van der Waals surface area contributed by atoms with Gasteiger partial charge in [-0.3, -0.25) is 14.5 Å². The minimum Gasteiger partial charge on any atom is -0.473 e. The predicted molar refractivity (Wildman–Crippen MR) is 116 cm³/mol. The number of aryl methyl sites for hydroxylation is 1. The summed E-state index contributed by atoms with van der Waals surface area (Å²) in [5.74, 6) is 0.277. The second-order valence-corrected chi connectivity index (χ2v) is 8.14. The lowest BCUT2D eigenvalue weighted by Crippen LogP contribution is -2.28. The molecule has 0 saturated heterocycles. The Hall–Kier alpha value is -3.81. The number of benzene rings is 1. The quantitative estimate of drug-likeness (QED) is 0.431. The molecule has 1 amide bonds. The van der Waals surface area contributed by atoms with Crippen molar-refractivity contribution in [2.24, 2.45) is 0 Å². The third-order valence-corrected chi connectivity index (χ3v) is 5.74. The number of ether oxygens (including phenoxy) is 1. The Morgan fingerprint density at radius 3 is 2.72 bits per heavy atom. The van der Waals surface area contributed by atoms with E-state index < -0.39 is 0 Å². The number of nitrogens with zero attached hydrogens (tertiary/aromatic N) is 4. The topological polar surface area (TPSA) is 81.9 Å². The molecule has 0 aliphatic heterocycles. The number of carbonyl (C=O) groups excluding carboxylic acids is 1. The van der Waals surface area contributed by atoms with E-state index in [2.05, 4.69) is 20.4 Å². The van der Waals surface area contributed by atoms with Gasteiger partial charge >= 0.3 is 0 Å². The highest BCUT2D eigenvalue weighted by Crippen LogP contribution is 2.46. The van der Waals surface area contributed by atoms with Gasteiger partial charge in [-0.15, -0.1) is 0 Å². The van der Waals surface area contributed by atoms with E-state index in [4.69, 9.17) is 4.74 Å². The molecule has 3 heterocycles. The molecule has 7 nitrogen and oxygen atoms in total. The fraction of sp³-hybridized carbons (Fsp3) is 0.250. The van der Waals surface area contributed by atoms with E-state index >= 15 is 0 Å². The molecule has 0 bridgehead atoms. The Labute approximate surface area is 184 Å². The van der Waals surface area contributed by atoms with Gasteiger partial charge in [-0.1, -0.05) is 12.1 Å². The summed E-state index contributed by atoms with van der Waals surface area (Å²) >= 11 is 0. The van der Waals surface area contributed by atoms with E-state index in [9.17, 15) is 9.18 Å². The number of hydrogen-bond donors (Lipinski definition) is 1. The number of fused-ring (bicyclic) bond motifs is 1. The molecule has 0 unspecified atom stereocenters. The Morgan fingerprint density at radius 2 is 2.00 bits per heavy atom. The lowest BCUT2D eigenvalue weighted by Gasteiger charge is -2.13. The van der Waals surface area contributed by atoms with Crippen LogP contribution in [0.2, 0.25) is 0 Å². The molecule has 5 rings (SSSR count). The largest absolute Gasteiger partial charge is 0.473 e. The molecular formula is C24H22FN5O2. The van der Waals surface area contributed by atoms with E-state index in [1.165, 1.54) is 12.1 Å². The fourth-order valence-corrected chi connectivity index (χ4v) is 3.92. The molecule has 32 heavy (non-hydrogen) atoms. The van der Waals surface area contributed by atoms with Crippen LogP contribution in [0.5, 0.6) is 5.88 Å². The highest BCUT2D eigenvalue weighted by Gasteiger charge is 2.46. The predicted octanol–water partition coefficient (Wildman–Crippen LogP) is 3.64. The minimum atomic E-state index is -0.364. The summed E-state index contributed by atoms with van der Waals surface area (Å²) in [5, 5.41) is 8.54. The van der Waals surface area contributed by atoms with E-state index in [1.54, 1.807) is 24.5 Å². The van der Waals surface area contributed by atoms with Crippen LogP contribution in [0.3, 0.4) is 0 Å². The second kappa shape index (κ2) is 8.03. The van der Waals surface area contributed by atoms with Crippen LogP contribution >= 0.6 is 0 Å². The summed E-state index contributed by atoms with van der Waals surface area (Å²) in [5.41, 5.74) is 4.13. The summed E-state index contributed by atoms with van der Waals surface area (Å²) in [6.07, 6.45) is 7.98. The van der Waals surface area contributed by atoms with Crippen LogP contribution in [-0.4, -0.2) is 26.2 Å². The zero-order valence-corrected chi connectivity index (χ0v) is 17.6.